The third-order valence-electron chi connectivity index (χ3n) is 3.20. The average Bonchev–Trinajstić information content (AvgIpc) is 2.82. The van der Waals surface area contributed by atoms with Crippen LogP contribution in [-0.4, -0.2) is 37.0 Å². The van der Waals surface area contributed by atoms with Crippen molar-refractivity contribution < 1.29 is 4.79 Å². The van der Waals surface area contributed by atoms with E-state index in [4.69, 9.17) is 5.73 Å². The van der Waals surface area contributed by atoms with Crippen molar-refractivity contribution in [3.8, 4) is 0 Å². The van der Waals surface area contributed by atoms with Crippen LogP contribution in [0.4, 0.5) is 0 Å². The minimum absolute atomic E-state index is 0.0181. The van der Waals surface area contributed by atoms with Gasteiger partial charge in [0.2, 0.25) is 5.91 Å². The molecule has 6 heteroatoms. The number of halogens is 1. The van der Waals surface area contributed by atoms with Crippen LogP contribution in [0.1, 0.15) is 37.6 Å². The SMILES string of the molecule is CCCNC(=O)CN(C)C(c1ccc(Br)s1)C(N)CC. The van der Waals surface area contributed by atoms with Crippen LogP contribution in [0.25, 0.3) is 0 Å². The maximum absolute atomic E-state index is 11.9. The Morgan fingerprint density at radius 3 is 2.70 bits per heavy atom. The number of thiophene rings is 1. The minimum Gasteiger partial charge on any atom is -0.355 e. The van der Waals surface area contributed by atoms with Crippen LogP contribution >= 0.6 is 27.3 Å². The molecule has 0 aliphatic carbocycles. The molecule has 0 bridgehead atoms. The highest BCUT2D eigenvalue weighted by atomic mass is 79.9. The number of hydrogen-bond donors (Lipinski definition) is 2. The van der Waals surface area contributed by atoms with Gasteiger partial charge >= 0.3 is 0 Å². The predicted octanol–water partition coefficient (Wildman–Crippen LogP) is 2.75. The van der Waals surface area contributed by atoms with E-state index in [0.29, 0.717) is 6.54 Å². The highest BCUT2D eigenvalue weighted by molar-refractivity contribution is 9.11. The summed E-state index contributed by atoms with van der Waals surface area (Å²) in [6, 6.07) is 4.20. The van der Waals surface area contributed by atoms with Crippen molar-refractivity contribution in [1.29, 1.82) is 0 Å². The highest BCUT2D eigenvalue weighted by Crippen LogP contribution is 2.32. The summed E-state index contributed by atoms with van der Waals surface area (Å²) in [5.74, 6) is 0.0540. The molecule has 0 fully saturated rings. The Hall–Kier alpha value is -0.430. The molecule has 2 atom stereocenters. The second kappa shape index (κ2) is 8.77. The zero-order chi connectivity index (χ0) is 15.1. The number of amides is 1. The average molecular weight is 362 g/mol. The maximum Gasteiger partial charge on any atom is 0.234 e. The zero-order valence-corrected chi connectivity index (χ0v) is 14.8. The van der Waals surface area contributed by atoms with Gasteiger partial charge in [-0.15, -0.1) is 11.3 Å². The summed E-state index contributed by atoms with van der Waals surface area (Å²) in [5, 5.41) is 2.90. The van der Waals surface area contributed by atoms with Gasteiger partial charge in [0.1, 0.15) is 0 Å². The summed E-state index contributed by atoms with van der Waals surface area (Å²) in [6.07, 6.45) is 1.83. The number of hydrogen-bond acceptors (Lipinski definition) is 4. The van der Waals surface area contributed by atoms with Crippen LogP contribution < -0.4 is 11.1 Å². The van der Waals surface area contributed by atoms with Gasteiger partial charge in [-0.25, -0.2) is 0 Å². The molecule has 0 saturated heterocycles. The first-order valence-corrected chi connectivity index (χ1v) is 8.58. The quantitative estimate of drug-likeness (QED) is 0.748. The summed E-state index contributed by atoms with van der Waals surface area (Å²) in [7, 11) is 1.96. The van der Waals surface area contributed by atoms with Crippen LogP contribution in [0.15, 0.2) is 15.9 Å². The molecule has 1 aromatic rings. The summed E-state index contributed by atoms with van der Waals surface area (Å²) in [6.45, 7) is 5.21. The lowest BCUT2D eigenvalue weighted by molar-refractivity contribution is -0.122. The standard InChI is InChI=1S/C14H24BrN3OS/c1-4-8-17-13(19)9-18(3)14(10(16)5-2)11-6-7-12(15)20-11/h6-7,10,14H,4-5,8-9,16H2,1-3H3,(H,17,19). The summed E-state index contributed by atoms with van der Waals surface area (Å²) in [4.78, 5) is 15.1. The van der Waals surface area contributed by atoms with Crippen LogP contribution in [-0.2, 0) is 4.79 Å². The Morgan fingerprint density at radius 1 is 1.50 bits per heavy atom. The van der Waals surface area contributed by atoms with E-state index >= 15 is 0 Å². The molecule has 0 aromatic carbocycles. The largest absolute Gasteiger partial charge is 0.355 e. The van der Waals surface area contributed by atoms with Crippen LogP contribution in [0.3, 0.4) is 0 Å². The molecule has 0 saturated carbocycles. The van der Waals surface area contributed by atoms with Crippen molar-refractivity contribution in [1.82, 2.24) is 10.2 Å². The van der Waals surface area contributed by atoms with Gasteiger partial charge in [-0.1, -0.05) is 13.8 Å². The molecule has 1 heterocycles. The molecule has 0 radical (unpaired) electrons. The fraction of sp³-hybridized carbons (Fsp3) is 0.643. The molecular formula is C14H24BrN3OS. The molecule has 0 aliphatic heterocycles. The molecule has 20 heavy (non-hydrogen) atoms. The van der Waals surface area contributed by atoms with Gasteiger partial charge < -0.3 is 11.1 Å². The fourth-order valence-corrected chi connectivity index (χ4v) is 3.78. The van der Waals surface area contributed by atoms with Crippen molar-refractivity contribution in [3.63, 3.8) is 0 Å². The predicted molar refractivity (Wildman–Crippen MR) is 89.0 cm³/mol. The normalized spacial score (nSPS) is 14.3. The van der Waals surface area contributed by atoms with E-state index in [9.17, 15) is 4.79 Å². The van der Waals surface area contributed by atoms with Gasteiger partial charge in [0.05, 0.1) is 16.4 Å². The third-order valence-corrected chi connectivity index (χ3v) is 4.90. The lowest BCUT2D eigenvalue weighted by Gasteiger charge is -2.31. The molecule has 0 spiro atoms. The number of likely N-dealkylation sites (N-methyl/N-ethyl adjacent to an activating group) is 1. The Labute approximate surface area is 133 Å². The van der Waals surface area contributed by atoms with E-state index in [1.165, 1.54) is 4.88 Å². The number of carbonyl (C=O) groups excluding carboxylic acids is 1. The van der Waals surface area contributed by atoms with E-state index in [1.807, 2.05) is 24.9 Å². The molecule has 3 N–H and O–H groups in total. The van der Waals surface area contributed by atoms with Crippen molar-refractivity contribution in [3.05, 3.63) is 20.8 Å². The van der Waals surface area contributed by atoms with Crippen molar-refractivity contribution in [2.75, 3.05) is 20.1 Å². The first-order chi connectivity index (χ1) is 9.49. The first kappa shape index (κ1) is 17.6. The van der Waals surface area contributed by atoms with Crippen LogP contribution in [0.2, 0.25) is 0 Å². The molecule has 0 aliphatic rings. The van der Waals surface area contributed by atoms with Crippen molar-refractivity contribution in [2.24, 2.45) is 5.73 Å². The first-order valence-electron chi connectivity index (χ1n) is 6.97. The molecule has 1 amide bonds. The molecular weight excluding hydrogens is 338 g/mol. The number of nitrogens with zero attached hydrogens (tertiary/aromatic N) is 1. The van der Waals surface area contributed by atoms with E-state index in [2.05, 4.69) is 34.2 Å². The van der Waals surface area contributed by atoms with E-state index < -0.39 is 0 Å². The Morgan fingerprint density at radius 2 is 2.20 bits per heavy atom. The van der Waals surface area contributed by atoms with Gasteiger partial charge in [0.25, 0.3) is 0 Å². The Bertz CT molecular complexity index is 424. The molecule has 4 nitrogen and oxygen atoms in total. The number of rotatable bonds is 8. The lowest BCUT2D eigenvalue weighted by atomic mass is 10.0. The fourth-order valence-electron chi connectivity index (χ4n) is 2.11. The van der Waals surface area contributed by atoms with Crippen molar-refractivity contribution in [2.45, 2.75) is 38.8 Å². The molecule has 2 unspecified atom stereocenters. The Balaban J connectivity index is 2.75. The monoisotopic (exact) mass is 361 g/mol. The van der Waals surface area contributed by atoms with Gasteiger partial charge in [-0.05, 0) is 48.0 Å². The second-order valence-corrected chi connectivity index (χ2v) is 7.42. The maximum atomic E-state index is 11.9. The zero-order valence-electron chi connectivity index (χ0n) is 12.4. The van der Waals surface area contributed by atoms with E-state index in [-0.39, 0.29) is 18.0 Å². The summed E-state index contributed by atoms with van der Waals surface area (Å²) in [5.41, 5.74) is 6.25. The smallest absolute Gasteiger partial charge is 0.234 e. The molecule has 1 rings (SSSR count). The van der Waals surface area contributed by atoms with E-state index in [1.54, 1.807) is 11.3 Å². The summed E-state index contributed by atoms with van der Waals surface area (Å²) >= 11 is 5.16. The third kappa shape index (κ3) is 5.16. The van der Waals surface area contributed by atoms with Gasteiger partial charge in [-0.2, -0.15) is 0 Å². The Kier molecular flexibility index (Phi) is 7.72. The van der Waals surface area contributed by atoms with E-state index in [0.717, 1.165) is 23.2 Å². The van der Waals surface area contributed by atoms with Gasteiger partial charge in [0.15, 0.2) is 0 Å². The number of nitrogens with two attached hydrogens (primary N) is 1. The highest BCUT2D eigenvalue weighted by Gasteiger charge is 2.25. The number of nitrogens with one attached hydrogen (secondary N) is 1. The lowest BCUT2D eigenvalue weighted by Crippen LogP contribution is -2.43. The molecule has 1 aromatic heterocycles. The minimum atomic E-state index is 0.0181. The second-order valence-electron chi connectivity index (χ2n) is 4.92. The topological polar surface area (TPSA) is 58.4 Å². The van der Waals surface area contributed by atoms with Gasteiger partial charge in [0, 0.05) is 17.5 Å². The van der Waals surface area contributed by atoms with Crippen molar-refractivity contribution >= 4 is 33.2 Å². The van der Waals surface area contributed by atoms with Crippen LogP contribution in [0.5, 0.6) is 0 Å². The number of carbonyl (C=O) groups is 1. The van der Waals surface area contributed by atoms with Gasteiger partial charge in [-0.3, -0.25) is 9.69 Å². The molecule has 114 valence electrons. The summed E-state index contributed by atoms with van der Waals surface area (Å²) < 4.78 is 1.09. The van der Waals surface area contributed by atoms with Crippen LogP contribution in [0, 0.1) is 0 Å².